The Balaban J connectivity index is 1.36. The maximum absolute atomic E-state index is 3.82. The van der Waals surface area contributed by atoms with Crippen LogP contribution in [0.5, 0.6) is 0 Å². The van der Waals surface area contributed by atoms with E-state index in [1.165, 1.54) is 75.3 Å². The largest absolute Gasteiger partial charge is 0.103 e. The molecule has 0 radical (unpaired) electrons. The van der Waals surface area contributed by atoms with Crippen LogP contribution in [-0.2, 0) is 12.8 Å². The van der Waals surface area contributed by atoms with Crippen LogP contribution < -0.4 is 0 Å². The number of hydrogen-bond acceptors (Lipinski definition) is 0. The molecule has 0 aromatic heterocycles. The van der Waals surface area contributed by atoms with Gasteiger partial charge in [0.2, 0.25) is 0 Å². The highest BCUT2D eigenvalue weighted by Crippen LogP contribution is 2.44. The SMILES string of the molecule is C=CCCc1ccc(CCC2CCC(C3CCC(CCC)C3)CC2)cc1. The first kappa shape index (κ1) is 19.7. The van der Waals surface area contributed by atoms with Crippen LogP contribution in [0, 0.1) is 23.7 Å². The Hall–Kier alpha value is -1.04. The van der Waals surface area contributed by atoms with Gasteiger partial charge in [-0.3, -0.25) is 0 Å². The topological polar surface area (TPSA) is 0 Å². The van der Waals surface area contributed by atoms with E-state index in [1.54, 1.807) is 6.42 Å². The number of hydrogen-bond donors (Lipinski definition) is 0. The second-order valence-corrected chi connectivity index (χ2v) is 9.19. The first-order valence-electron chi connectivity index (χ1n) is 11.5. The Morgan fingerprint density at radius 3 is 2.08 bits per heavy atom. The zero-order valence-corrected chi connectivity index (χ0v) is 17.1. The van der Waals surface area contributed by atoms with E-state index in [-0.39, 0.29) is 0 Å². The Bertz CT molecular complexity index is 517. The number of benzene rings is 1. The molecule has 0 aliphatic heterocycles. The van der Waals surface area contributed by atoms with Crippen molar-refractivity contribution in [1.82, 2.24) is 0 Å². The average molecular weight is 353 g/mol. The van der Waals surface area contributed by atoms with Crippen molar-refractivity contribution in [1.29, 1.82) is 0 Å². The summed E-state index contributed by atoms with van der Waals surface area (Å²) >= 11 is 0. The summed E-state index contributed by atoms with van der Waals surface area (Å²) in [5, 5.41) is 0. The third-order valence-electron chi connectivity index (χ3n) is 7.34. The molecule has 2 aliphatic carbocycles. The van der Waals surface area contributed by atoms with E-state index in [1.807, 2.05) is 6.08 Å². The van der Waals surface area contributed by atoms with Crippen molar-refractivity contribution in [3.63, 3.8) is 0 Å². The third kappa shape index (κ3) is 5.73. The lowest BCUT2D eigenvalue weighted by molar-refractivity contribution is 0.196. The Morgan fingerprint density at radius 2 is 1.42 bits per heavy atom. The van der Waals surface area contributed by atoms with Gasteiger partial charge < -0.3 is 0 Å². The number of allylic oxidation sites excluding steroid dienone is 1. The molecule has 0 bridgehead atoms. The molecule has 2 saturated carbocycles. The fraction of sp³-hybridized carbons (Fsp3) is 0.692. The Morgan fingerprint density at radius 1 is 0.808 bits per heavy atom. The van der Waals surface area contributed by atoms with Gasteiger partial charge in [0, 0.05) is 0 Å². The van der Waals surface area contributed by atoms with E-state index in [4.69, 9.17) is 0 Å². The van der Waals surface area contributed by atoms with E-state index in [0.717, 1.165) is 36.5 Å². The molecular formula is C26H40. The molecule has 0 heterocycles. The van der Waals surface area contributed by atoms with Gasteiger partial charge in [-0.1, -0.05) is 69.4 Å². The fourth-order valence-electron chi connectivity index (χ4n) is 5.67. The standard InChI is InChI=1S/C26H40/c1-3-5-7-21-8-10-22(11-9-21)12-13-23-14-17-25(18-15-23)26-19-16-24(20-26)6-4-2/h3,8-11,23-26H,1,4-7,12-20H2,2H3. The van der Waals surface area contributed by atoms with Crippen molar-refractivity contribution in [2.75, 3.05) is 0 Å². The summed E-state index contributed by atoms with van der Waals surface area (Å²) < 4.78 is 0. The predicted molar refractivity (Wildman–Crippen MR) is 114 cm³/mol. The zero-order chi connectivity index (χ0) is 18.2. The van der Waals surface area contributed by atoms with E-state index < -0.39 is 0 Å². The van der Waals surface area contributed by atoms with E-state index in [9.17, 15) is 0 Å². The molecule has 2 fully saturated rings. The maximum atomic E-state index is 3.82. The number of aryl methyl sites for hydroxylation is 2. The minimum atomic E-state index is 0.986. The van der Waals surface area contributed by atoms with Crippen molar-refractivity contribution >= 4 is 0 Å². The summed E-state index contributed by atoms with van der Waals surface area (Å²) in [6.45, 7) is 6.17. The molecule has 0 spiro atoms. The Labute approximate surface area is 162 Å². The van der Waals surface area contributed by atoms with Crippen LogP contribution in [0.3, 0.4) is 0 Å². The van der Waals surface area contributed by atoms with E-state index in [0.29, 0.717) is 0 Å². The van der Waals surface area contributed by atoms with Crippen LogP contribution in [0.1, 0.15) is 88.7 Å². The van der Waals surface area contributed by atoms with Crippen molar-refractivity contribution in [2.24, 2.45) is 23.7 Å². The van der Waals surface area contributed by atoms with Gasteiger partial charge in [0.05, 0.1) is 0 Å². The second kappa shape index (κ2) is 10.3. The molecule has 0 amide bonds. The van der Waals surface area contributed by atoms with Crippen molar-refractivity contribution in [2.45, 2.75) is 90.4 Å². The lowest BCUT2D eigenvalue weighted by Crippen LogP contribution is -2.21. The molecule has 2 atom stereocenters. The molecular weight excluding hydrogens is 312 g/mol. The highest BCUT2D eigenvalue weighted by molar-refractivity contribution is 5.23. The molecule has 1 aromatic carbocycles. The van der Waals surface area contributed by atoms with Crippen molar-refractivity contribution < 1.29 is 0 Å². The summed E-state index contributed by atoms with van der Waals surface area (Å²) in [7, 11) is 0. The minimum Gasteiger partial charge on any atom is -0.103 e. The van der Waals surface area contributed by atoms with Gasteiger partial charge >= 0.3 is 0 Å². The molecule has 3 rings (SSSR count). The average Bonchev–Trinajstić information content (AvgIpc) is 3.15. The molecule has 0 heteroatoms. The highest BCUT2D eigenvalue weighted by Gasteiger charge is 2.32. The summed E-state index contributed by atoms with van der Waals surface area (Å²) in [6.07, 6.45) is 20.5. The van der Waals surface area contributed by atoms with E-state index in [2.05, 4.69) is 37.8 Å². The summed E-state index contributed by atoms with van der Waals surface area (Å²) in [5.74, 6) is 4.20. The van der Waals surface area contributed by atoms with Crippen LogP contribution in [-0.4, -0.2) is 0 Å². The van der Waals surface area contributed by atoms with Crippen LogP contribution >= 0.6 is 0 Å². The van der Waals surface area contributed by atoms with Crippen molar-refractivity contribution in [3.8, 4) is 0 Å². The molecule has 2 aliphatic rings. The second-order valence-electron chi connectivity index (χ2n) is 9.19. The van der Waals surface area contributed by atoms with Crippen LogP contribution in [0.15, 0.2) is 36.9 Å². The lowest BCUT2D eigenvalue weighted by Gasteiger charge is -2.32. The fourth-order valence-corrected chi connectivity index (χ4v) is 5.67. The monoisotopic (exact) mass is 352 g/mol. The van der Waals surface area contributed by atoms with Gasteiger partial charge in [-0.05, 0) is 86.2 Å². The van der Waals surface area contributed by atoms with Gasteiger partial charge in [-0.25, -0.2) is 0 Å². The van der Waals surface area contributed by atoms with Crippen LogP contribution in [0.4, 0.5) is 0 Å². The number of rotatable bonds is 9. The van der Waals surface area contributed by atoms with Gasteiger partial charge in [0.1, 0.15) is 0 Å². The molecule has 144 valence electrons. The van der Waals surface area contributed by atoms with Crippen LogP contribution in [0.25, 0.3) is 0 Å². The molecule has 1 aromatic rings. The van der Waals surface area contributed by atoms with Gasteiger partial charge in [-0.15, -0.1) is 6.58 Å². The molecule has 2 unspecified atom stereocenters. The summed E-state index contributed by atoms with van der Waals surface area (Å²) in [4.78, 5) is 0. The first-order valence-corrected chi connectivity index (χ1v) is 11.5. The quantitative estimate of drug-likeness (QED) is 0.398. The molecule has 0 saturated heterocycles. The molecule has 0 nitrogen and oxygen atoms in total. The molecule has 0 N–H and O–H groups in total. The molecule has 26 heavy (non-hydrogen) atoms. The minimum absolute atomic E-state index is 0.986. The van der Waals surface area contributed by atoms with Gasteiger partial charge in [0.15, 0.2) is 0 Å². The van der Waals surface area contributed by atoms with E-state index >= 15 is 0 Å². The zero-order valence-electron chi connectivity index (χ0n) is 17.1. The smallest absolute Gasteiger partial charge is 0.0244 e. The van der Waals surface area contributed by atoms with Gasteiger partial charge in [0.25, 0.3) is 0 Å². The maximum Gasteiger partial charge on any atom is -0.0244 e. The summed E-state index contributed by atoms with van der Waals surface area (Å²) in [5.41, 5.74) is 2.99. The Kier molecular flexibility index (Phi) is 7.84. The third-order valence-corrected chi connectivity index (χ3v) is 7.34. The van der Waals surface area contributed by atoms with Crippen molar-refractivity contribution in [3.05, 3.63) is 48.0 Å². The normalized spacial score (nSPS) is 29.0. The highest BCUT2D eigenvalue weighted by atomic mass is 14.4. The lowest BCUT2D eigenvalue weighted by atomic mass is 9.73. The predicted octanol–water partition coefficient (Wildman–Crippen LogP) is 7.76. The first-order chi connectivity index (χ1) is 12.8. The van der Waals surface area contributed by atoms with Gasteiger partial charge in [-0.2, -0.15) is 0 Å². The van der Waals surface area contributed by atoms with Crippen LogP contribution in [0.2, 0.25) is 0 Å². The summed E-state index contributed by atoms with van der Waals surface area (Å²) in [6, 6.07) is 9.36.